The number of hydrogen-bond acceptors (Lipinski definition) is 6. The number of rotatable bonds is 7. The maximum atomic E-state index is 13.3. The van der Waals surface area contributed by atoms with Gasteiger partial charge in [0.25, 0.3) is 11.8 Å². The van der Waals surface area contributed by atoms with E-state index in [1.165, 1.54) is 25.3 Å². The summed E-state index contributed by atoms with van der Waals surface area (Å²) in [6.45, 7) is -0.370. The summed E-state index contributed by atoms with van der Waals surface area (Å²) in [7, 11) is 3.06. The van der Waals surface area contributed by atoms with Gasteiger partial charge < -0.3 is 19.5 Å². The SMILES string of the molecule is COc1ccc(C2Nc3ccccc3C(=O)N2NC(=O)COc2ccc(Cl)cc2Cl)cc1OC. The molecule has 4 rings (SSSR count). The van der Waals surface area contributed by atoms with Gasteiger partial charge in [-0.2, -0.15) is 0 Å². The van der Waals surface area contributed by atoms with Crippen molar-refractivity contribution in [2.75, 3.05) is 26.1 Å². The number of hydrazine groups is 1. The maximum Gasteiger partial charge on any atom is 0.276 e. The molecule has 0 saturated heterocycles. The third-order valence-electron chi connectivity index (χ3n) is 5.15. The lowest BCUT2D eigenvalue weighted by molar-refractivity contribution is -0.127. The molecule has 1 aliphatic heterocycles. The molecule has 3 aromatic rings. The van der Waals surface area contributed by atoms with Crippen molar-refractivity contribution >= 4 is 40.7 Å². The predicted octanol–water partition coefficient (Wildman–Crippen LogP) is 4.69. The number of hydrogen-bond donors (Lipinski definition) is 2. The lowest BCUT2D eigenvalue weighted by Gasteiger charge is -2.37. The molecule has 0 radical (unpaired) electrons. The van der Waals surface area contributed by atoms with Crippen LogP contribution in [0.1, 0.15) is 22.1 Å². The predicted molar refractivity (Wildman–Crippen MR) is 129 cm³/mol. The van der Waals surface area contributed by atoms with E-state index >= 15 is 0 Å². The number of fused-ring (bicyclic) bond motifs is 1. The number of nitrogens with one attached hydrogen (secondary N) is 2. The van der Waals surface area contributed by atoms with Crippen molar-refractivity contribution in [2.24, 2.45) is 0 Å². The van der Waals surface area contributed by atoms with E-state index in [1.807, 2.05) is 6.07 Å². The zero-order chi connectivity index (χ0) is 24.2. The number of benzene rings is 3. The fraction of sp³-hybridized carbons (Fsp3) is 0.167. The Morgan fingerprint density at radius 2 is 1.74 bits per heavy atom. The van der Waals surface area contributed by atoms with Gasteiger partial charge in [-0.15, -0.1) is 0 Å². The summed E-state index contributed by atoms with van der Waals surface area (Å²) < 4.78 is 16.2. The Kier molecular flexibility index (Phi) is 7.00. The van der Waals surface area contributed by atoms with Crippen molar-refractivity contribution < 1.29 is 23.8 Å². The Labute approximate surface area is 206 Å². The van der Waals surface area contributed by atoms with Crippen LogP contribution in [0.3, 0.4) is 0 Å². The van der Waals surface area contributed by atoms with Crippen LogP contribution in [0.2, 0.25) is 10.0 Å². The van der Waals surface area contributed by atoms with Crippen molar-refractivity contribution in [1.29, 1.82) is 0 Å². The van der Waals surface area contributed by atoms with Gasteiger partial charge in [0, 0.05) is 16.3 Å². The first kappa shape index (κ1) is 23.5. The van der Waals surface area contributed by atoms with Crippen LogP contribution in [0.25, 0.3) is 0 Å². The summed E-state index contributed by atoms with van der Waals surface area (Å²) in [5.41, 5.74) is 4.37. The van der Waals surface area contributed by atoms with E-state index in [-0.39, 0.29) is 17.5 Å². The van der Waals surface area contributed by atoms with Crippen LogP contribution >= 0.6 is 23.2 Å². The van der Waals surface area contributed by atoms with Crippen molar-refractivity contribution in [1.82, 2.24) is 10.4 Å². The summed E-state index contributed by atoms with van der Waals surface area (Å²) in [5, 5.41) is 5.23. The van der Waals surface area contributed by atoms with E-state index in [0.29, 0.717) is 39.1 Å². The summed E-state index contributed by atoms with van der Waals surface area (Å²) >= 11 is 12.0. The molecule has 176 valence electrons. The minimum Gasteiger partial charge on any atom is -0.493 e. The lowest BCUT2D eigenvalue weighted by atomic mass is 10.0. The molecule has 0 bridgehead atoms. The molecule has 0 fully saturated rings. The molecule has 1 heterocycles. The van der Waals surface area contributed by atoms with Crippen molar-refractivity contribution in [3.05, 3.63) is 81.8 Å². The Morgan fingerprint density at radius 3 is 2.47 bits per heavy atom. The highest BCUT2D eigenvalue weighted by atomic mass is 35.5. The smallest absolute Gasteiger partial charge is 0.276 e. The van der Waals surface area contributed by atoms with Crippen molar-refractivity contribution in [2.45, 2.75) is 6.17 Å². The second-order valence-electron chi connectivity index (χ2n) is 7.28. The van der Waals surface area contributed by atoms with Gasteiger partial charge >= 0.3 is 0 Å². The summed E-state index contributed by atoms with van der Waals surface area (Å²) in [6.07, 6.45) is -0.717. The highest BCUT2D eigenvalue weighted by Gasteiger charge is 2.34. The Balaban J connectivity index is 1.59. The second-order valence-corrected chi connectivity index (χ2v) is 8.12. The molecule has 2 amide bonds. The maximum absolute atomic E-state index is 13.3. The Morgan fingerprint density at radius 1 is 1.00 bits per heavy atom. The average molecular weight is 502 g/mol. The minimum atomic E-state index is -0.717. The van der Waals surface area contributed by atoms with Crippen LogP contribution in [0.5, 0.6) is 17.2 Å². The first-order valence-electron chi connectivity index (χ1n) is 10.2. The van der Waals surface area contributed by atoms with Gasteiger partial charge in [0.05, 0.1) is 24.8 Å². The quantitative estimate of drug-likeness (QED) is 0.488. The van der Waals surface area contributed by atoms with E-state index in [0.717, 1.165) is 0 Å². The van der Waals surface area contributed by atoms with Gasteiger partial charge in [0.1, 0.15) is 11.9 Å². The van der Waals surface area contributed by atoms with E-state index in [9.17, 15) is 9.59 Å². The number of amides is 2. The van der Waals surface area contributed by atoms with Crippen LogP contribution in [-0.2, 0) is 4.79 Å². The number of halogens is 2. The zero-order valence-electron chi connectivity index (χ0n) is 18.3. The molecule has 0 aromatic heterocycles. The van der Waals surface area contributed by atoms with E-state index in [4.69, 9.17) is 37.4 Å². The molecule has 1 unspecified atom stereocenters. The van der Waals surface area contributed by atoms with Crippen molar-refractivity contribution in [3.63, 3.8) is 0 Å². The number of carbonyl (C=O) groups is 2. The summed E-state index contributed by atoms with van der Waals surface area (Å²) in [5.74, 6) is 0.391. The van der Waals surface area contributed by atoms with Crippen LogP contribution in [-0.4, -0.2) is 37.6 Å². The minimum absolute atomic E-state index is 0.271. The number of methoxy groups -OCH3 is 2. The van der Waals surface area contributed by atoms with E-state index in [1.54, 1.807) is 48.5 Å². The molecule has 34 heavy (non-hydrogen) atoms. The van der Waals surface area contributed by atoms with Gasteiger partial charge in [0.15, 0.2) is 18.1 Å². The number of para-hydroxylation sites is 1. The highest BCUT2D eigenvalue weighted by molar-refractivity contribution is 6.35. The Hall–Kier alpha value is -3.62. The van der Waals surface area contributed by atoms with Gasteiger partial charge in [0.2, 0.25) is 0 Å². The normalized spacial score (nSPS) is 14.6. The van der Waals surface area contributed by atoms with Gasteiger partial charge in [-0.3, -0.25) is 15.0 Å². The topological polar surface area (TPSA) is 89.1 Å². The molecular weight excluding hydrogens is 481 g/mol. The monoisotopic (exact) mass is 501 g/mol. The number of nitrogens with zero attached hydrogens (tertiary/aromatic N) is 1. The van der Waals surface area contributed by atoms with Crippen molar-refractivity contribution in [3.8, 4) is 17.2 Å². The van der Waals surface area contributed by atoms with Crippen LogP contribution < -0.4 is 25.0 Å². The second kappa shape index (κ2) is 10.1. The van der Waals surface area contributed by atoms with E-state index < -0.39 is 12.1 Å². The van der Waals surface area contributed by atoms with Gasteiger partial charge in [-0.1, -0.05) is 41.4 Å². The first-order valence-corrected chi connectivity index (χ1v) is 10.9. The van der Waals surface area contributed by atoms with Crippen LogP contribution in [0, 0.1) is 0 Å². The Bertz CT molecular complexity index is 1240. The van der Waals surface area contributed by atoms with E-state index in [2.05, 4.69) is 10.7 Å². The summed E-state index contributed by atoms with van der Waals surface area (Å²) in [4.78, 5) is 26.1. The molecular formula is C24H21Cl2N3O5. The third-order valence-corrected chi connectivity index (χ3v) is 5.68. The number of ether oxygens (including phenoxy) is 3. The molecule has 0 saturated carbocycles. The molecule has 1 atom stereocenters. The number of carbonyl (C=O) groups excluding carboxylic acids is 2. The molecule has 2 N–H and O–H groups in total. The highest BCUT2D eigenvalue weighted by Crippen LogP contribution is 2.36. The fourth-order valence-electron chi connectivity index (χ4n) is 3.53. The summed E-state index contributed by atoms with van der Waals surface area (Å²) in [6, 6.07) is 17.0. The van der Waals surface area contributed by atoms with Gasteiger partial charge in [-0.25, -0.2) is 5.01 Å². The lowest BCUT2D eigenvalue weighted by Crippen LogP contribution is -2.53. The third kappa shape index (κ3) is 4.83. The van der Waals surface area contributed by atoms with Gasteiger partial charge in [-0.05, 0) is 42.5 Å². The molecule has 8 nitrogen and oxygen atoms in total. The van der Waals surface area contributed by atoms with Crippen LogP contribution in [0.15, 0.2) is 60.7 Å². The largest absolute Gasteiger partial charge is 0.493 e. The number of anilines is 1. The molecule has 3 aromatic carbocycles. The molecule has 0 aliphatic carbocycles. The van der Waals surface area contributed by atoms with Crippen LogP contribution in [0.4, 0.5) is 5.69 Å². The molecule has 1 aliphatic rings. The molecule has 0 spiro atoms. The fourth-order valence-corrected chi connectivity index (χ4v) is 3.99. The standard InChI is InChI=1S/C24H21Cl2N3O5/c1-32-20-9-7-14(11-21(20)33-2)23-27-18-6-4-3-5-16(18)24(31)29(23)28-22(30)13-34-19-10-8-15(25)12-17(19)26/h3-12,23,27H,13H2,1-2H3,(H,28,30). The molecule has 10 heteroatoms. The average Bonchev–Trinajstić information content (AvgIpc) is 2.84. The first-order chi connectivity index (χ1) is 16.4. The zero-order valence-corrected chi connectivity index (χ0v) is 19.8.